The molecule has 1 N–H and O–H groups in total. The van der Waals surface area contributed by atoms with E-state index in [9.17, 15) is 13.2 Å². The molecular formula is C24H26N2O4S. The lowest BCUT2D eigenvalue weighted by molar-refractivity contribution is 0.0951. The predicted octanol–water partition coefficient (Wildman–Crippen LogP) is 4.23. The molecule has 0 saturated heterocycles. The maximum Gasteiger partial charge on any atom is 0.264 e. The Kier molecular flexibility index (Phi) is 7.31. The molecule has 162 valence electrons. The summed E-state index contributed by atoms with van der Waals surface area (Å²) >= 11 is 0. The molecule has 0 fully saturated rings. The van der Waals surface area contributed by atoms with Crippen LogP contribution >= 0.6 is 0 Å². The van der Waals surface area contributed by atoms with E-state index >= 15 is 0 Å². The Balaban J connectivity index is 1.67. The van der Waals surface area contributed by atoms with Gasteiger partial charge in [0, 0.05) is 18.7 Å². The van der Waals surface area contributed by atoms with Gasteiger partial charge in [-0.1, -0.05) is 30.3 Å². The fourth-order valence-electron chi connectivity index (χ4n) is 3.14. The van der Waals surface area contributed by atoms with Gasteiger partial charge in [0.15, 0.2) is 0 Å². The van der Waals surface area contributed by atoms with Crippen LogP contribution in [-0.4, -0.2) is 27.5 Å². The molecule has 0 atom stereocenters. The number of nitrogens with zero attached hydrogens (tertiary/aromatic N) is 1. The fraction of sp³-hybridized carbons (Fsp3) is 0.208. The molecule has 0 aliphatic carbocycles. The minimum atomic E-state index is -3.67. The molecule has 0 aromatic heterocycles. The molecule has 0 saturated carbocycles. The van der Waals surface area contributed by atoms with Crippen molar-refractivity contribution in [2.75, 3.05) is 17.5 Å². The van der Waals surface area contributed by atoms with E-state index in [1.165, 1.54) is 4.31 Å². The molecule has 0 spiro atoms. The molecule has 3 aromatic carbocycles. The first kappa shape index (κ1) is 22.4. The first-order valence-electron chi connectivity index (χ1n) is 10.1. The van der Waals surface area contributed by atoms with Crippen LogP contribution in [0.25, 0.3) is 0 Å². The van der Waals surface area contributed by atoms with Crippen molar-refractivity contribution in [1.29, 1.82) is 0 Å². The van der Waals surface area contributed by atoms with Crippen molar-refractivity contribution in [3.05, 3.63) is 90.0 Å². The highest BCUT2D eigenvalue weighted by molar-refractivity contribution is 7.92. The number of nitrogens with one attached hydrogen (secondary N) is 1. The third-order valence-electron chi connectivity index (χ3n) is 4.72. The average Bonchev–Trinajstić information content (AvgIpc) is 2.80. The van der Waals surface area contributed by atoms with Crippen LogP contribution in [0.5, 0.6) is 5.75 Å². The Bertz CT molecular complexity index is 1100. The molecule has 0 aliphatic rings. The van der Waals surface area contributed by atoms with Gasteiger partial charge in [-0.05, 0) is 67.9 Å². The zero-order valence-corrected chi connectivity index (χ0v) is 18.4. The van der Waals surface area contributed by atoms with Crippen molar-refractivity contribution in [3.8, 4) is 5.75 Å². The van der Waals surface area contributed by atoms with E-state index in [2.05, 4.69) is 5.32 Å². The van der Waals surface area contributed by atoms with Crippen molar-refractivity contribution in [2.24, 2.45) is 0 Å². The van der Waals surface area contributed by atoms with Crippen LogP contribution in [-0.2, 0) is 16.6 Å². The van der Waals surface area contributed by atoms with Crippen molar-refractivity contribution in [3.63, 3.8) is 0 Å². The molecule has 0 radical (unpaired) electrons. The fourth-order valence-corrected chi connectivity index (χ4v) is 4.64. The third kappa shape index (κ3) is 5.44. The number of carbonyl (C=O) groups excluding carboxylic acids is 1. The maximum absolute atomic E-state index is 12.9. The summed E-state index contributed by atoms with van der Waals surface area (Å²) in [5, 5.41) is 2.87. The highest BCUT2D eigenvalue weighted by atomic mass is 32.2. The van der Waals surface area contributed by atoms with Crippen LogP contribution in [0, 0.1) is 0 Å². The normalized spacial score (nSPS) is 11.0. The van der Waals surface area contributed by atoms with Gasteiger partial charge in [-0.3, -0.25) is 9.10 Å². The zero-order valence-electron chi connectivity index (χ0n) is 17.6. The summed E-state index contributed by atoms with van der Waals surface area (Å²) in [7, 11) is -3.67. The molecule has 31 heavy (non-hydrogen) atoms. The number of hydrogen-bond acceptors (Lipinski definition) is 4. The van der Waals surface area contributed by atoms with Gasteiger partial charge in [-0.25, -0.2) is 8.42 Å². The second-order valence-electron chi connectivity index (χ2n) is 6.79. The molecule has 0 bridgehead atoms. The lowest BCUT2D eigenvalue weighted by Gasteiger charge is -2.23. The van der Waals surface area contributed by atoms with Gasteiger partial charge < -0.3 is 10.1 Å². The molecule has 3 aromatic rings. The molecule has 7 heteroatoms. The molecule has 1 amide bonds. The van der Waals surface area contributed by atoms with Crippen LogP contribution in [0.1, 0.15) is 29.8 Å². The summed E-state index contributed by atoms with van der Waals surface area (Å²) in [5.41, 5.74) is 1.93. The van der Waals surface area contributed by atoms with Crippen LogP contribution in [0.3, 0.4) is 0 Å². The second-order valence-corrected chi connectivity index (χ2v) is 8.65. The summed E-state index contributed by atoms with van der Waals surface area (Å²) in [4.78, 5) is 12.7. The first-order valence-corrected chi connectivity index (χ1v) is 11.6. The molecule has 0 aliphatic heterocycles. The molecule has 6 nitrogen and oxygen atoms in total. The van der Waals surface area contributed by atoms with Crippen LogP contribution in [0.15, 0.2) is 83.8 Å². The second kappa shape index (κ2) is 10.1. The van der Waals surface area contributed by atoms with E-state index in [-0.39, 0.29) is 17.3 Å². The van der Waals surface area contributed by atoms with Gasteiger partial charge in [-0.15, -0.1) is 0 Å². The number of hydrogen-bond donors (Lipinski definition) is 1. The Morgan fingerprint density at radius 3 is 2.13 bits per heavy atom. The van der Waals surface area contributed by atoms with Crippen LogP contribution < -0.4 is 14.4 Å². The lowest BCUT2D eigenvalue weighted by atomic mass is 10.1. The highest BCUT2D eigenvalue weighted by Gasteiger charge is 2.23. The summed E-state index contributed by atoms with van der Waals surface area (Å²) in [6.07, 6.45) is 0. The number of anilines is 1. The first-order chi connectivity index (χ1) is 15.0. The highest BCUT2D eigenvalue weighted by Crippen LogP contribution is 2.23. The van der Waals surface area contributed by atoms with Gasteiger partial charge in [0.2, 0.25) is 0 Å². The van der Waals surface area contributed by atoms with Crippen LogP contribution in [0.2, 0.25) is 0 Å². The molecule has 3 rings (SSSR count). The van der Waals surface area contributed by atoms with Crippen molar-refractivity contribution in [1.82, 2.24) is 5.32 Å². The molecular weight excluding hydrogens is 412 g/mol. The number of benzene rings is 3. The summed E-state index contributed by atoms with van der Waals surface area (Å²) < 4.78 is 32.6. The number of carbonyl (C=O) groups is 1. The van der Waals surface area contributed by atoms with Crippen LogP contribution in [0.4, 0.5) is 5.69 Å². The van der Waals surface area contributed by atoms with Gasteiger partial charge >= 0.3 is 0 Å². The van der Waals surface area contributed by atoms with Gasteiger partial charge in [0.1, 0.15) is 5.75 Å². The summed E-state index contributed by atoms with van der Waals surface area (Å²) in [5.74, 6) is 0.563. The topological polar surface area (TPSA) is 75.7 Å². The predicted molar refractivity (Wildman–Crippen MR) is 122 cm³/mol. The minimum Gasteiger partial charge on any atom is -0.494 e. The van der Waals surface area contributed by atoms with Gasteiger partial charge in [0.25, 0.3) is 15.9 Å². The Hall–Kier alpha value is -3.32. The average molecular weight is 439 g/mol. The van der Waals surface area contributed by atoms with Gasteiger partial charge in [0.05, 0.1) is 17.2 Å². The van der Waals surface area contributed by atoms with E-state index in [4.69, 9.17) is 4.74 Å². The van der Waals surface area contributed by atoms with E-state index in [1.54, 1.807) is 61.5 Å². The Morgan fingerprint density at radius 2 is 1.55 bits per heavy atom. The Morgan fingerprint density at radius 1 is 0.903 bits per heavy atom. The summed E-state index contributed by atoms with van der Waals surface area (Å²) in [6.45, 7) is 4.97. The number of ether oxygens (including phenoxy) is 1. The monoisotopic (exact) mass is 438 g/mol. The van der Waals surface area contributed by atoms with Crippen molar-refractivity contribution >= 4 is 21.6 Å². The Labute approximate surface area is 183 Å². The minimum absolute atomic E-state index is 0.227. The van der Waals surface area contributed by atoms with E-state index in [1.807, 2.05) is 31.2 Å². The quantitative estimate of drug-likeness (QED) is 0.542. The smallest absolute Gasteiger partial charge is 0.264 e. The van der Waals surface area contributed by atoms with E-state index in [0.29, 0.717) is 24.4 Å². The number of rotatable bonds is 9. The van der Waals surface area contributed by atoms with Crippen molar-refractivity contribution < 1.29 is 17.9 Å². The zero-order chi connectivity index (χ0) is 22.3. The SMILES string of the molecule is CCOc1ccc(CNC(=O)c2ccc(N(CC)S(=O)(=O)c3ccccc3)cc2)cc1. The maximum atomic E-state index is 12.9. The number of sulfonamides is 1. The van der Waals surface area contributed by atoms with Crippen molar-refractivity contribution in [2.45, 2.75) is 25.3 Å². The van der Waals surface area contributed by atoms with E-state index < -0.39 is 10.0 Å². The molecule has 0 unspecified atom stereocenters. The standard InChI is InChI=1S/C24H26N2O4S/c1-3-26(31(28,29)23-8-6-5-7-9-23)21-14-12-20(13-15-21)24(27)25-18-19-10-16-22(17-11-19)30-4-2/h5-17H,3-4,18H2,1-2H3,(H,25,27). The third-order valence-corrected chi connectivity index (χ3v) is 6.64. The largest absolute Gasteiger partial charge is 0.494 e. The number of amides is 1. The lowest BCUT2D eigenvalue weighted by Crippen LogP contribution is -2.30. The van der Waals surface area contributed by atoms with Gasteiger partial charge in [-0.2, -0.15) is 0 Å². The summed E-state index contributed by atoms with van der Waals surface area (Å²) in [6, 6.07) is 22.4. The molecule has 0 heterocycles. The van der Waals surface area contributed by atoms with E-state index in [0.717, 1.165) is 11.3 Å².